The zero-order valence-corrected chi connectivity index (χ0v) is 16.7. The number of benzene rings is 2. The van der Waals surface area contributed by atoms with Gasteiger partial charge in [0.2, 0.25) is 5.91 Å². The number of urea groups is 1. The molecular weight excluding hydrogens is 366 g/mol. The van der Waals surface area contributed by atoms with Crippen molar-refractivity contribution in [3.63, 3.8) is 0 Å². The van der Waals surface area contributed by atoms with Crippen molar-refractivity contribution >= 4 is 29.0 Å². The lowest BCUT2D eigenvalue weighted by Gasteiger charge is -2.21. The summed E-state index contributed by atoms with van der Waals surface area (Å²) in [6, 6.07) is 12.7. The van der Waals surface area contributed by atoms with Gasteiger partial charge in [0.1, 0.15) is 5.75 Å². The van der Waals surface area contributed by atoms with E-state index in [0.717, 1.165) is 55.6 Å². The molecule has 6 nitrogen and oxygen atoms in total. The molecule has 4 rings (SSSR count). The summed E-state index contributed by atoms with van der Waals surface area (Å²) in [4.78, 5) is 27.2. The third kappa shape index (κ3) is 4.36. The van der Waals surface area contributed by atoms with Crippen LogP contribution in [0.15, 0.2) is 42.5 Å². The van der Waals surface area contributed by atoms with E-state index in [-0.39, 0.29) is 17.9 Å². The third-order valence-corrected chi connectivity index (χ3v) is 5.63. The molecule has 0 aromatic heterocycles. The summed E-state index contributed by atoms with van der Waals surface area (Å²) in [5.74, 6) is 1.15. The van der Waals surface area contributed by atoms with Crippen LogP contribution in [0.5, 0.6) is 5.75 Å². The van der Waals surface area contributed by atoms with Crippen molar-refractivity contribution in [1.82, 2.24) is 0 Å². The zero-order valence-electron chi connectivity index (χ0n) is 16.7. The molecule has 0 unspecified atom stereocenters. The topological polar surface area (TPSA) is 70.7 Å². The van der Waals surface area contributed by atoms with Crippen LogP contribution in [0.1, 0.15) is 38.2 Å². The molecule has 0 atom stereocenters. The number of hydrogen-bond acceptors (Lipinski definition) is 3. The number of amides is 3. The highest BCUT2D eigenvalue weighted by atomic mass is 16.5. The molecule has 3 amide bonds. The Morgan fingerprint density at radius 1 is 1.03 bits per heavy atom. The number of ether oxygens (including phenoxy) is 1. The van der Waals surface area contributed by atoms with Crippen molar-refractivity contribution in [2.24, 2.45) is 5.92 Å². The minimum atomic E-state index is -0.319. The van der Waals surface area contributed by atoms with Gasteiger partial charge in [-0.05, 0) is 68.1 Å². The van der Waals surface area contributed by atoms with Crippen LogP contribution in [-0.2, 0) is 11.2 Å². The van der Waals surface area contributed by atoms with E-state index in [0.29, 0.717) is 18.0 Å². The second-order valence-corrected chi connectivity index (χ2v) is 7.60. The van der Waals surface area contributed by atoms with Gasteiger partial charge in [0.25, 0.3) is 0 Å². The highest BCUT2D eigenvalue weighted by Gasteiger charge is 2.31. The Balaban J connectivity index is 1.41. The smallest absolute Gasteiger partial charge is 0.323 e. The first-order valence-electron chi connectivity index (χ1n) is 10.4. The van der Waals surface area contributed by atoms with Crippen molar-refractivity contribution in [1.29, 1.82) is 0 Å². The van der Waals surface area contributed by atoms with Gasteiger partial charge in [0, 0.05) is 29.5 Å². The van der Waals surface area contributed by atoms with Crippen LogP contribution in [0, 0.1) is 5.92 Å². The van der Waals surface area contributed by atoms with E-state index in [2.05, 4.69) is 10.6 Å². The molecular formula is C23H27N3O3. The molecule has 2 aromatic carbocycles. The van der Waals surface area contributed by atoms with Crippen LogP contribution in [0.3, 0.4) is 0 Å². The molecule has 2 N–H and O–H groups in total. The van der Waals surface area contributed by atoms with E-state index in [4.69, 9.17) is 4.74 Å². The Labute approximate surface area is 171 Å². The second-order valence-electron chi connectivity index (χ2n) is 7.60. The Hall–Kier alpha value is -3.02. The van der Waals surface area contributed by atoms with E-state index in [9.17, 15) is 9.59 Å². The molecule has 1 saturated carbocycles. The van der Waals surface area contributed by atoms with Crippen LogP contribution in [0.25, 0.3) is 0 Å². The van der Waals surface area contributed by atoms with Gasteiger partial charge in [-0.1, -0.05) is 18.9 Å². The molecule has 0 radical (unpaired) electrons. The van der Waals surface area contributed by atoms with Crippen LogP contribution in [-0.4, -0.2) is 25.1 Å². The highest BCUT2D eigenvalue weighted by molar-refractivity contribution is 6.01. The predicted octanol–water partition coefficient (Wildman–Crippen LogP) is 4.81. The van der Waals surface area contributed by atoms with Gasteiger partial charge in [0.05, 0.1) is 6.61 Å². The summed E-state index contributed by atoms with van der Waals surface area (Å²) < 4.78 is 5.41. The van der Waals surface area contributed by atoms with Gasteiger partial charge in [-0.15, -0.1) is 0 Å². The first-order chi connectivity index (χ1) is 14.1. The van der Waals surface area contributed by atoms with E-state index < -0.39 is 0 Å². The van der Waals surface area contributed by atoms with E-state index in [1.807, 2.05) is 42.2 Å². The molecule has 1 aliphatic heterocycles. The number of hydrogen-bond donors (Lipinski definition) is 2. The standard InChI is InChI=1S/C23H27N3O3/c1-2-29-20-11-9-18(10-12-20)24-23(28)25-19-8-7-16-13-14-26(21(16)15-19)22(27)17-5-3-4-6-17/h7-12,15,17H,2-6,13-14H2,1H3,(H2,24,25,28). The lowest BCUT2D eigenvalue weighted by molar-refractivity contribution is -0.122. The van der Waals surface area contributed by atoms with Gasteiger partial charge in [-0.2, -0.15) is 0 Å². The maximum Gasteiger partial charge on any atom is 0.323 e. The number of carbonyl (C=O) groups excluding carboxylic acids is 2. The monoisotopic (exact) mass is 393 g/mol. The van der Waals surface area contributed by atoms with Crippen molar-refractivity contribution in [2.75, 3.05) is 28.7 Å². The largest absolute Gasteiger partial charge is 0.494 e. The lowest BCUT2D eigenvalue weighted by Crippen LogP contribution is -2.33. The molecule has 0 spiro atoms. The third-order valence-electron chi connectivity index (χ3n) is 5.63. The number of carbonyl (C=O) groups is 2. The van der Waals surface area contributed by atoms with Crippen molar-refractivity contribution < 1.29 is 14.3 Å². The van der Waals surface area contributed by atoms with Gasteiger partial charge in [0.15, 0.2) is 0 Å². The first-order valence-corrected chi connectivity index (χ1v) is 10.4. The summed E-state index contributed by atoms with van der Waals surface area (Å²) in [6.07, 6.45) is 5.14. The fraction of sp³-hybridized carbons (Fsp3) is 0.391. The van der Waals surface area contributed by atoms with Gasteiger partial charge in [-0.25, -0.2) is 4.79 Å². The Morgan fingerprint density at radius 3 is 2.45 bits per heavy atom. The number of rotatable bonds is 5. The van der Waals surface area contributed by atoms with Crippen molar-refractivity contribution in [2.45, 2.75) is 39.0 Å². The van der Waals surface area contributed by atoms with Gasteiger partial charge in [-0.3, -0.25) is 4.79 Å². The summed E-state index contributed by atoms with van der Waals surface area (Å²) in [5, 5.41) is 5.69. The Kier molecular flexibility index (Phi) is 5.69. The normalized spacial score (nSPS) is 15.8. The fourth-order valence-corrected chi connectivity index (χ4v) is 4.17. The molecule has 2 aliphatic rings. The summed E-state index contributed by atoms with van der Waals surface area (Å²) in [7, 11) is 0. The van der Waals surface area contributed by atoms with Gasteiger partial charge >= 0.3 is 6.03 Å². The molecule has 6 heteroatoms. The SMILES string of the molecule is CCOc1ccc(NC(=O)Nc2ccc3c(c2)N(C(=O)C2CCCC2)CC3)cc1. The minimum Gasteiger partial charge on any atom is -0.494 e. The molecule has 1 heterocycles. The molecule has 29 heavy (non-hydrogen) atoms. The van der Waals surface area contributed by atoms with E-state index in [1.54, 1.807) is 12.1 Å². The molecule has 1 aliphatic carbocycles. The second kappa shape index (κ2) is 8.55. The fourth-order valence-electron chi connectivity index (χ4n) is 4.17. The van der Waals surface area contributed by atoms with E-state index in [1.165, 1.54) is 0 Å². The summed E-state index contributed by atoms with van der Waals surface area (Å²) in [5.41, 5.74) is 3.46. The lowest BCUT2D eigenvalue weighted by atomic mass is 10.1. The van der Waals surface area contributed by atoms with Gasteiger partial charge < -0.3 is 20.3 Å². The first kappa shape index (κ1) is 19.3. The predicted molar refractivity (Wildman–Crippen MR) is 115 cm³/mol. The molecule has 2 aromatic rings. The van der Waals surface area contributed by atoms with Crippen LogP contribution >= 0.6 is 0 Å². The van der Waals surface area contributed by atoms with Crippen LogP contribution < -0.4 is 20.3 Å². The average Bonchev–Trinajstić information content (AvgIpc) is 3.39. The molecule has 152 valence electrons. The Bertz CT molecular complexity index is 889. The van der Waals surface area contributed by atoms with Crippen LogP contribution in [0.2, 0.25) is 0 Å². The van der Waals surface area contributed by atoms with Crippen molar-refractivity contribution in [3.8, 4) is 5.75 Å². The minimum absolute atomic E-state index is 0.153. The van der Waals surface area contributed by atoms with Crippen molar-refractivity contribution in [3.05, 3.63) is 48.0 Å². The zero-order chi connectivity index (χ0) is 20.2. The number of nitrogens with zero attached hydrogens (tertiary/aromatic N) is 1. The Morgan fingerprint density at radius 2 is 1.72 bits per heavy atom. The number of anilines is 3. The molecule has 1 fully saturated rings. The summed E-state index contributed by atoms with van der Waals surface area (Å²) in [6.45, 7) is 3.26. The summed E-state index contributed by atoms with van der Waals surface area (Å²) >= 11 is 0. The maximum absolute atomic E-state index is 12.9. The maximum atomic E-state index is 12.9. The van der Waals surface area contributed by atoms with E-state index >= 15 is 0 Å². The number of fused-ring (bicyclic) bond motifs is 1. The van der Waals surface area contributed by atoms with Crippen LogP contribution in [0.4, 0.5) is 21.9 Å². The average molecular weight is 393 g/mol. The highest BCUT2D eigenvalue weighted by Crippen LogP contribution is 2.35. The quantitative estimate of drug-likeness (QED) is 0.766. The molecule has 0 bridgehead atoms. The molecule has 0 saturated heterocycles. The number of nitrogens with one attached hydrogen (secondary N) is 2.